The van der Waals surface area contributed by atoms with Crippen LogP contribution in [0.5, 0.6) is 0 Å². The third-order valence-corrected chi connectivity index (χ3v) is 4.43. The number of aromatic nitrogens is 1. The maximum Gasteiger partial charge on any atom is 0.326 e. The summed E-state index contributed by atoms with van der Waals surface area (Å²) in [6.07, 6.45) is 1.76. The Kier molecular flexibility index (Phi) is 7.22. The van der Waals surface area contributed by atoms with Crippen molar-refractivity contribution in [3.8, 4) is 0 Å². The molecule has 0 saturated carbocycles. The quantitative estimate of drug-likeness (QED) is 0.271. The fraction of sp³-hybridized carbons (Fsp3) is 0.353. The van der Waals surface area contributed by atoms with Gasteiger partial charge in [0.1, 0.15) is 18.1 Å². The van der Waals surface area contributed by atoms with Crippen molar-refractivity contribution in [3.63, 3.8) is 0 Å². The Bertz CT molecular complexity index is 825. The van der Waals surface area contributed by atoms with Crippen LogP contribution >= 0.6 is 12.6 Å². The summed E-state index contributed by atoms with van der Waals surface area (Å²) >= 11 is 4.01. The molecule has 0 spiro atoms. The average molecular weight is 394 g/mol. The highest BCUT2D eigenvalue weighted by Crippen LogP contribution is 2.19. The van der Waals surface area contributed by atoms with Crippen molar-refractivity contribution in [1.29, 1.82) is 0 Å². The van der Waals surface area contributed by atoms with E-state index in [1.165, 1.54) is 0 Å². The van der Waals surface area contributed by atoms with Gasteiger partial charge in [-0.05, 0) is 11.6 Å². The predicted molar refractivity (Wildman–Crippen MR) is 102 cm³/mol. The number of nitrogens with one attached hydrogen (secondary N) is 3. The second-order valence-corrected chi connectivity index (χ2v) is 6.36. The number of aromatic amines is 1. The molecule has 27 heavy (non-hydrogen) atoms. The Morgan fingerprint density at radius 3 is 2.44 bits per heavy atom. The number of carbonyl (C=O) groups is 3. The van der Waals surface area contributed by atoms with E-state index in [1.54, 1.807) is 6.20 Å². The third-order valence-electron chi connectivity index (χ3n) is 4.06. The number of aliphatic hydroxyl groups is 1. The van der Waals surface area contributed by atoms with Crippen LogP contribution in [-0.2, 0) is 20.8 Å². The van der Waals surface area contributed by atoms with Crippen LogP contribution in [0.3, 0.4) is 0 Å². The number of fused-ring (bicyclic) bond motifs is 1. The van der Waals surface area contributed by atoms with Gasteiger partial charge in [0, 0.05) is 29.3 Å². The molecule has 0 aliphatic carbocycles. The highest BCUT2D eigenvalue weighted by atomic mass is 32.1. The molecule has 7 N–H and O–H groups in total. The molecule has 0 aliphatic rings. The van der Waals surface area contributed by atoms with Crippen molar-refractivity contribution in [2.75, 3.05) is 12.4 Å². The molecule has 1 aromatic heterocycles. The molecule has 10 heteroatoms. The molecule has 2 amide bonds. The predicted octanol–water partition coefficient (Wildman–Crippen LogP) is -0.986. The number of benzene rings is 1. The van der Waals surface area contributed by atoms with Gasteiger partial charge in [-0.15, -0.1) is 0 Å². The summed E-state index contributed by atoms with van der Waals surface area (Å²) < 4.78 is 0. The monoisotopic (exact) mass is 394 g/mol. The van der Waals surface area contributed by atoms with Crippen molar-refractivity contribution >= 4 is 41.3 Å². The number of hydrogen-bond donors (Lipinski definition) is 7. The van der Waals surface area contributed by atoms with Crippen LogP contribution in [-0.4, -0.2) is 63.5 Å². The second-order valence-electron chi connectivity index (χ2n) is 6.00. The zero-order chi connectivity index (χ0) is 20.0. The van der Waals surface area contributed by atoms with Gasteiger partial charge in [-0.3, -0.25) is 9.59 Å². The summed E-state index contributed by atoms with van der Waals surface area (Å²) in [5.74, 6) is -2.69. The van der Waals surface area contributed by atoms with E-state index in [1.807, 2.05) is 24.3 Å². The van der Waals surface area contributed by atoms with E-state index in [2.05, 4.69) is 28.2 Å². The number of hydrogen-bond acceptors (Lipinski definition) is 6. The molecule has 3 unspecified atom stereocenters. The van der Waals surface area contributed by atoms with Crippen LogP contribution in [0.15, 0.2) is 30.5 Å². The number of H-pyrrole nitrogens is 1. The van der Waals surface area contributed by atoms with E-state index in [0.717, 1.165) is 16.5 Å². The summed E-state index contributed by atoms with van der Waals surface area (Å²) in [4.78, 5) is 38.8. The minimum Gasteiger partial charge on any atom is -0.480 e. The lowest BCUT2D eigenvalue weighted by atomic mass is 10.0. The van der Waals surface area contributed by atoms with Crippen molar-refractivity contribution in [2.24, 2.45) is 5.73 Å². The van der Waals surface area contributed by atoms with Crippen molar-refractivity contribution < 1.29 is 24.6 Å². The number of carboxylic acids is 1. The molecule has 3 atom stereocenters. The molecular weight excluding hydrogens is 372 g/mol. The number of carboxylic acid groups (broad SMARTS) is 1. The van der Waals surface area contributed by atoms with E-state index in [0.29, 0.717) is 0 Å². The Balaban J connectivity index is 2.09. The molecule has 9 nitrogen and oxygen atoms in total. The molecule has 2 aromatic rings. The first-order chi connectivity index (χ1) is 12.9. The van der Waals surface area contributed by atoms with Gasteiger partial charge in [-0.25, -0.2) is 4.79 Å². The van der Waals surface area contributed by atoms with Crippen molar-refractivity contribution in [2.45, 2.75) is 24.5 Å². The van der Waals surface area contributed by atoms with E-state index in [4.69, 9.17) is 10.8 Å². The Morgan fingerprint density at radius 2 is 1.81 bits per heavy atom. The van der Waals surface area contributed by atoms with Crippen LogP contribution in [0, 0.1) is 0 Å². The van der Waals surface area contributed by atoms with Crippen LogP contribution in [0.2, 0.25) is 0 Å². The lowest BCUT2D eigenvalue weighted by Gasteiger charge is -2.21. The van der Waals surface area contributed by atoms with E-state index >= 15 is 0 Å². The maximum atomic E-state index is 12.4. The van der Waals surface area contributed by atoms with Gasteiger partial charge in [0.25, 0.3) is 0 Å². The first kappa shape index (κ1) is 20.7. The fourth-order valence-corrected chi connectivity index (χ4v) is 2.81. The molecule has 146 valence electrons. The summed E-state index contributed by atoms with van der Waals surface area (Å²) in [6, 6.07) is 3.97. The van der Waals surface area contributed by atoms with Gasteiger partial charge in [0.15, 0.2) is 0 Å². The number of amides is 2. The molecule has 2 rings (SSSR count). The molecule has 1 heterocycles. The first-order valence-corrected chi connectivity index (χ1v) is 8.86. The number of aliphatic hydroxyl groups excluding tert-OH is 1. The number of thiol groups is 1. The lowest BCUT2D eigenvalue weighted by Crippen LogP contribution is -2.56. The number of para-hydroxylation sites is 1. The Labute approximate surface area is 160 Å². The van der Waals surface area contributed by atoms with Crippen molar-refractivity contribution in [3.05, 3.63) is 36.0 Å². The number of rotatable bonds is 9. The molecule has 0 radical (unpaired) electrons. The minimum absolute atomic E-state index is 0.0604. The summed E-state index contributed by atoms with van der Waals surface area (Å²) in [7, 11) is 0. The molecule has 0 fully saturated rings. The van der Waals surface area contributed by atoms with Gasteiger partial charge < -0.3 is 31.6 Å². The molecule has 0 aliphatic heterocycles. The average Bonchev–Trinajstić information content (AvgIpc) is 3.07. The summed E-state index contributed by atoms with van der Waals surface area (Å²) in [5.41, 5.74) is 7.00. The number of nitrogens with two attached hydrogens (primary N) is 1. The van der Waals surface area contributed by atoms with Gasteiger partial charge in [-0.2, -0.15) is 12.6 Å². The molecule has 0 bridgehead atoms. The molecular formula is C17H22N4O5S. The van der Waals surface area contributed by atoms with Gasteiger partial charge >= 0.3 is 5.97 Å². The second kappa shape index (κ2) is 9.40. The Morgan fingerprint density at radius 1 is 1.15 bits per heavy atom. The lowest BCUT2D eigenvalue weighted by molar-refractivity contribution is -0.142. The van der Waals surface area contributed by atoms with E-state index in [-0.39, 0.29) is 12.2 Å². The maximum absolute atomic E-state index is 12.4. The van der Waals surface area contributed by atoms with Crippen LogP contribution in [0.4, 0.5) is 0 Å². The normalized spacial score (nSPS) is 14.3. The summed E-state index contributed by atoms with van der Waals surface area (Å²) in [5, 5.41) is 24.0. The highest BCUT2D eigenvalue weighted by Gasteiger charge is 2.27. The van der Waals surface area contributed by atoms with Crippen LogP contribution in [0.25, 0.3) is 10.9 Å². The summed E-state index contributed by atoms with van der Waals surface area (Å²) in [6.45, 7) is -0.578. The zero-order valence-corrected chi connectivity index (χ0v) is 15.3. The Hall–Kier alpha value is -2.56. The van der Waals surface area contributed by atoms with Gasteiger partial charge in [0.2, 0.25) is 11.8 Å². The largest absolute Gasteiger partial charge is 0.480 e. The van der Waals surface area contributed by atoms with Crippen LogP contribution < -0.4 is 16.4 Å². The fourth-order valence-electron chi connectivity index (χ4n) is 2.55. The van der Waals surface area contributed by atoms with E-state index in [9.17, 15) is 19.5 Å². The van der Waals surface area contributed by atoms with Crippen molar-refractivity contribution in [1.82, 2.24) is 15.6 Å². The van der Waals surface area contributed by atoms with Gasteiger partial charge in [-0.1, -0.05) is 18.2 Å². The first-order valence-electron chi connectivity index (χ1n) is 8.23. The SMILES string of the molecule is NC(CO)C(=O)NC(CS)C(=O)NC(Cc1c[nH]c2ccccc12)C(=O)O. The third kappa shape index (κ3) is 5.22. The highest BCUT2D eigenvalue weighted by molar-refractivity contribution is 7.80. The number of aliphatic carboxylic acids is 1. The number of carbonyl (C=O) groups excluding carboxylic acids is 2. The molecule has 1 aromatic carbocycles. The minimum atomic E-state index is -1.20. The van der Waals surface area contributed by atoms with E-state index < -0.39 is 42.5 Å². The standard InChI is InChI=1S/C17H22N4O5S/c18-11(7-22)15(23)21-14(8-27)16(24)20-13(17(25)26)5-9-6-19-12-4-2-1-3-10(9)12/h1-4,6,11,13-14,19,22,27H,5,7-8,18H2,(H,20,24)(H,21,23)(H,25,26). The smallest absolute Gasteiger partial charge is 0.326 e. The van der Waals surface area contributed by atoms with Gasteiger partial charge in [0.05, 0.1) is 6.61 Å². The molecule has 0 saturated heterocycles. The topological polar surface area (TPSA) is 158 Å². The van der Waals surface area contributed by atoms with Crippen LogP contribution in [0.1, 0.15) is 5.56 Å². The zero-order valence-electron chi connectivity index (χ0n) is 14.4.